The van der Waals surface area contributed by atoms with Gasteiger partial charge in [-0.25, -0.2) is 17.6 Å². The van der Waals surface area contributed by atoms with Gasteiger partial charge in [0, 0.05) is 12.7 Å². The summed E-state index contributed by atoms with van der Waals surface area (Å²) >= 11 is 17.3. The van der Waals surface area contributed by atoms with E-state index in [9.17, 15) is 27.5 Å². The molecule has 0 aliphatic heterocycles. The van der Waals surface area contributed by atoms with Gasteiger partial charge in [-0.3, -0.25) is 4.79 Å². The van der Waals surface area contributed by atoms with E-state index >= 15 is 0 Å². The first kappa shape index (κ1) is 22.5. The van der Waals surface area contributed by atoms with E-state index < -0.39 is 73.9 Å². The van der Waals surface area contributed by atoms with Gasteiger partial charge in [-0.15, -0.1) is 0 Å². The number of hydrogen-bond donors (Lipinski definition) is 1. The lowest BCUT2D eigenvalue weighted by molar-refractivity contribution is -0.145. The molecule has 27 heavy (non-hydrogen) atoms. The summed E-state index contributed by atoms with van der Waals surface area (Å²) in [5, 5.41) is 9.75. The molecule has 0 aromatic heterocycles. The number of aliphatic carboxylic acids is 1. The molecule has 1 aromatic rings. The third-order valence-electron chi connectivity index (χ3n) is 5.54. The number of carboxylic acid groups (broad SMARTS) is 1. The summed E-state index contributed by atoms with van der Waals surface area (Å²) in [4.78, 5) is 12.0. The van der Waals surface area contributed by atoms with Gasteiger partial charge >= 0.3 is 5.97 Å². The first-order chi connectivity index (χ1) is 12.2. The Hall–Kier alpha value is -0.760. The maximum absolute atomic E-state index is 14.5. The van der Waals surface area contributed by atoms with Crippen molar-refractivity contribution in [3.05, 3.63) is 34.4 Å². The van der Waals surface area contributed by atoms with E-state index in [2.05, 4.69) is 4.74 Å². The minimum absolute atomic E-state index is 0.201. The van der Waals surface area contributed by atoms with Gasteiger partial charge in [-0.05, 0) is 24.2 Å². The van der Waals surface area contributed by atoms with E-state index in [1.165, 1.54) is 13.8 Å². The molecule has 1 saturated carbocycles. The van der Waals surface area contributed by atoms with E-state index in [0.29, 0.717) is 0 Å². The zero-order valence-electron chi connectivity index (χ0n) is 14.6. The van der Waals surface area contributed by atoms with E-state index in [1.807, 2.05) is 0 Å². The quantitative estimate of drug-likeness (QED) is 0.357. The number of methoxy groups -OCH3 is 1. The number of benzene rings is 1. The number of carbonyl (C=O) groups is 1. The first-order valence-electron chi connectivity index (χ1n) is 7.85. The lowest BCUT2D eigenvalue weighted by Gasteiger charge is -2.19. The number of ether oxygens (including phenoxy) is 1. The molecule has 1 N–H and O–H groups in total. The monoisotopic (exact) mass is 450 g/mol. The summed E-state index contributed by atoms with van der Waals surface area (Å²) in [5.74, 6) is -8.73. The molecule has 1 aliphatic rings. The average molecular weight is 452 g/mol. The SMILES string of the molecule is COCc1c(F)c(F)c(CC2(C(=O)O)C(CC(Cl)(Cl)Cl)C2(C)C)c(F)c1F. The number of hydrogen-bond acceptors (Lipinski definition) is 2. The molecule has 0 saturated heterocycles. The standard InChI is InChI=1S/C17H17Cl3F4O3/c1-15(2)9(5-17(18,19)20)16(15,14(25)26)4-7-10(21)12(23)8(6-27-3)13(24)11(7)22/h9H,4-6H2,1-3H3,(H,25,26). The molecule has 0 radical (unpaired) electrons. The third-order valence-corrected chi connectivity index (χ3v) is 6.00. The minimum Gasteiger partial charge on any atom is -0.481 e. The number of halogens is 7. The Morgan fingerprint density at radius 2 is 1.52 bits per heavy atom. The summed E-state index contributed by atoms with van der Waals surface area (Å²) in [5.41, 5.74) is -4.68. The minimum atomic E-state index is -1.80. The van der Waals surface area contributed by atoms with Gasteiger partial charge in [-0.1, -0.05) is 48.7 Å². The van der Waals surface area contributed by atoms with Crippen molar-refractivity contribution in [3.8, 4) is 0 Å². The van der Waals surface area contributed by atoms with Crippen molar-refractivity contribution in [2.24, 2.45) is 16.7 Å². The van der Waals surface area contributed by atoms with Crippen LogP contribution in [-0.2, 0) is 22.6 Å². The van der Waals surface area contributed by atoms with Crippen molar-refractivity contribution >= 4 is 40.8 Å². The topological polar surface area (TPSA) is 46.5 Å². The van der Waals surface area contributed by atoms with Crippen molar-refractivity contribution in [1.29, 1.82) is 0 Å². The van der Waals surface area contributed by atoms with Gasteiger partial charge in [0.25, 0.3) is 0 Å². The number of carboxylic acids is 1. The van der Waals surface area contributed by atoms with Crippen LogP contribution in [0.25, 0.3) is 0 Å². The predicted octanol–water partition coefficient (Wildman–Crippen LogP) is 5.42. The van der Waals surface area contributed by atoms with Gasteiger partial charge in [0.15, 0.2) is 27.1 Å². The highest BCUT2D eigenvalue weighted by atomic mass is 35.6. The average Bonchev–Trinajstić information content (AvgIpc) is 2.99. The number of rotatable bonds is 6. The van der Waals surface area contributed by atoms with Gasteiger partial charge in [-0.2, -0.15) is 0 Å². The molecule has 2 unspecified atom stereocenters. The van der Waals surface area contributed by atoms with Crippen LogP contribution < -0.4 is 0 Å². The summed E-state index contributed by atoms with van der Waals surface area (Å²) < 4.78 is 60.0. The van der Waals surface area contributed by atoms with Gasteiger partial charge in [0.05, 0.1) is 17.6 Å². The Labute approximate surface area is 168 Å². The zero-order chi connectivity index (χ0) is 20.9. The fourth-order valence-electron chi connectivity index (χ4n) is 3.91. The normalized spacial score (nSPS) is 24.1. The van der Waals surface area contributed by atoms with Crippen LogP contribution in [0.4, 0.5) is 17.6 Å². The Morgan fingerprint density at radius 3 is 1.89 bits per heavy atom. The highest BCUT2D eigenvalue weighted by molar-refractivity contribution is 6.67. The smallest absolute Gasteiger partial charge is 0.310 e. The maximum Gasteiger partial charge on any atom is 0.310 e. The van der Waals surface area contributed by atoms with Crippen LogP contribution in [0.15, 0.2) is 0 Å². The molecule has 0 amide bonds. The lowest BCUT2D eigenvalue weighted by Crippen LogP contribution is -2.27. The molecule has 2 atom stereocenters. The fourth-order valence-corrected chi connectivity index (χ4v) is 4.37. The Morgan fingerprint density at radius 1 is 1.07 bits per heavy atom. The Kier molecular flexibility index (Phi) is 6.05. The molecule has 2 rings (SSSR count). The largest absolute Gasteiger partial charge is 0.481 e. The van der Waals surface area contributed by atoms with Crippen molar-refractivity contribution in [1.82, 2.24) is 0 Å². The summed E-state index contributed by atoms with van der Waals surface area (Å²) in [6.45, 7) is 2.38. The second-order valence-corrected chi connectivity index (χ2v) is 9.71. The molecular formula is C17H17Cl3F4O3. The maximum atomic E-state index is 14.5. The molecular weight excluding hydrogens is 435 g/mol. The van der Waals surface area contributed by atoms with Gasteiger partial charge in [0.2, 0.25) is 0 Å². The predicted molar refractivity (Wildman–Crippen MR) is 92.9 cm³/mol. The van der Waals surface area contributed by atoms with Gasteiger partial charge in [0.1, 0.15) is 0 Å². The molecule has 0 spiro atoms. The first-order valence-corrected chi connectivity index (χ1v) is 8.98. The summed E-state index contributed by atoms with van der Waals surface area (Å²) in [6.07, 6.45) is -0.994. The third kappa shape index (κ3) is 3.63. The van der Waals surface area contributed by atoms with Crippen LogP contribution in [0.1, 0.15) is 31.4 Å². The van der Waals surface area contributed by atoms with E-state index in [1.54, 1.807) is 0 Å². The highest BCUT2D eigenvalue weighted by Gasteiger charge is 2.76. The lowest BCUT2D eigenvalue weighted by atomic mass is 9.87. The van der Waals surface area contributed by atoms with Crippen LogP contribution >= 0.6 is 34.8 Å². The molecule has 152 valence electrons. The van der Waals surface area contributed by atoms with Crippen LogP contribution in [0.5, 0.6) is 0 Å². The van der Waals surface area contributed by atoms with Crippen molar-refractivity contribution < 1.29 is 32.2 Å². The van der Waals surface area contributed by atoms with Gasteiger partial charge < -0.3 is 9.84 Å². The molecule has 0 bridgehead atoms. The van der Waals surface area contributed by atoms with Crippen LogP contribution in [0.2, 0.25) is 0 Å². The van der Waals surface area contributed by atoms with Crippen molar-refractivity contribution in [2.75, 3.05) is 7.11 Å². The molecule has 10 heteroatoms. The van der Waals surface area contributed by atoms with Crippen LogP contribution in [0, 0.1) is 40.0 Å². The van der Waals surface area contributed by atoms with Crippen molar-refractivity contribution in [3.63, 3.8) is 0 Å². The summed E-state index contributed by atoms with van der Waals surface area (Å²) in [7, 11) is 1.11. The van der Waals surface area contributed by atoms with Crippen LogP contribution in [0.3, 0.4) is 0 Å². The van der Waals surface area contributed by atoms with E-state index in [-0.39, 0.29) is 6.42 Å². The summed E-state index contributed by atoms with van der Waals surface area (Å²) in [6, 6.07) is 0. The molecule has 0 heterocycles. The fraction of sp³-hybridized carbons (Fsp3) is 0.588. The zero-order valence-corrected chi connectivity index (χ0v) is 16.9. The van der Waals surface area contributed by atoms with Crippen molar-refractivity contribution in [2.45, 2.75) is 37.1 Å². The highest BCUT2D eigenvalue weighted by Crippen LogP contribution is 2.73. The Bertz CT molecular complexity index is 751. The number of alkyl halides is 3. The Balaban J connectivity index is 2.55. The second-order valence-electron chi connectivity index (χ2n) is 7.19. The molecule has 1 fully saturated rings. The van der Waals surface area contributed by atoms with Crippen LogP contribution in [-0.4, -0.2) is 22.0 Å². The molecule has 1 aliphatic carbocycles. The van der Waals surface area contributed by atoms with E-state index in [0.717, 1.165) is 7.11 Å². The second kappa shape index (κ2) is 7.25. The molecule has 1 aromatic carbocycles. The molecule has 3 nitrogen and oxygen atoms in total. The van der Waals surface area contributed by atoms with E-state index in [4.69, 9.17) is 34.8 Å².